The number of anilines is 1. The second-order valence-electron chi connectivity index (χ2n) is 4.07. The SMILES string of the molecule is NCCC1CCCNc2ccc(Cl)cc21. The molecule has 0 fully saturated rings. The number of benzene rings is 1. The van der Waals surface area contributed by atoms with Crippen molar-refractivity contribution in [1.82, 2.24) is 0 Å². The lowest BCUT2D eigenvalue weighted by Gasteiger charge is -2.16. The Morgan fingerprint density at radius 1 is 1.47 bits per heavy atom. The average molecular weight is 225 g/mol. The smallest absolute Gasteiger partial charge is 0.0410 e. The second kappa shape index (κ2) is 4.86. The quantitative estimate of drug-likeness (QED) is 0.811. The van der Waals surface area contributed by atoms with Crippen LogP contribution in [0.15, 0.2) is 18.2 Å². The monoisotopic (exact) mass is 224 g/mol. The Labute approximate surface area is 95.8 Å². The van der Waals surface area contributed by atoms with E-state index in [4.69, 9.17) is 17.3 Å². The van der Waals surface area contributed by atoms with E-state index in [9.17, 15) is 0 Å². The molecule has 3 N–H and O–H groups in total. The number of nitrogens with one attached hydrogen (secondary N) is 1. The molecule has 0 spiro atoms. The van der Waals surface area contributed by atoms with Gasteiger partial charge < -0.3 is 11.1 Å². The molecule has 0 radical (unpaired) electrons. The van der Waals surface area contributed by atoms with Crippen molar-refractivity contribution in [3.63, 3.8) is 0 Å². The molecule has 0 aromatic heterocycles. The minimum Gasteiger partial charge on any atom is -0.385 e. The summed E-state index contributed by atoms with van der Waals surface area (Å²) in [6.45, 7) is 1.80. The normalized spacial score (nSPS) is 20.3. The van der Waals surface area contributed by atoms with E-state index < -0.39 is 0 Å². The van der Waals surface area contributed by atoms with Crippen molar-refractivity contribution in [2.75, 3.05) is 18.4 Å². The van der Waals surface area contributed by atoms with Crippen LogP contribution in [0.4, 0.5) is 5.69 Å². The van der Waals surface area contributed by atoms with E-state index in [2.05, 4.69) is 17.4 Å². The molecule has 1 aromatic carbocycles. The molecule has 0 bridgehead atoms. The van der Waals surface area contributed by atoms with E-state index in [1.807, 2.05) is 6.07 Å². The first-order valence-corrected chi connectivity index (χ1v) is 5.92. The number of halogens is 1. The predicted molar refractivity (Wildman–Crippen MR) is 65.6 cm³/mol. The van der Waals surface area contributed by atoms with Gasteiger partial charge in [0, 0.05) is 17.3 Å². The Morgan fingerprint density at radius 2 is 2.33 bits per heavy atom. The molecular formula is C12H17ClN2. The first-order chi connectivity index (χ1) is 7.31. The third kappa shape index (κ3) is 2.44. The van der Waals surface area contributed by atoms with Gasteiger partial charge in [-0.15, -0.1) is 0 Å². The largest absolute Gasteiger partial charge is 0.385 e. The number of rotatable bonds is 2. The van der Waals surface area contributed by atoms with Crippen LogP contribution in [0.2, 0.25) is 5.02 Å². The maximum Gasteiger partial charge on any atom is 0.0410 e. The topological polar surface area (TPSA) is 38.0 Å². The van der Waals surface area contributed by atoms with Crippen molar-refractivity contribution >= 4 is 17.3 Å². The summed E-state index contributed by atoms with van der Waals surface area (Å²) in [7, 11) is 0. The molecule has 15 heavy (non-hydrogen) atoms. The highest BCUT2D eigenvalue weighted by molar-refractivity contribution is 6.30. The van der Waals surface area contributed by atoms with E-state index in [0.29, 0.717) is 5.92 Å². The minimum atomic E-state index is 0.568. The van der Waals surface area contributed by atoms with Crippen LogP contribution in [0.1, 0.15) is 30.7 Å². The molecule has 0 amide bonds. The summed E-state index contributed by atoms with van der Waals surface area (Å²) in [6, 6.07) is 6.10. The van der Waals surface area contributed by atoms with E-state index >= 15 is 0 Å². The molecule has 2 rings (SSSR count). The van der Waals surface area contributed by atoms with Crippen LogP contribution in [0, 0.1) is 0 Å². The molecule has 1 unspecified atom stereocenters. The lowest BCUT2D eigenvalue weighted by Crippen LogP contribution is -2.07. The standard InChI is InChI=1S/C12H17ClN2/c13-10-3-4-12-11(8-10)9(5-6-14)2-1-7-15-12/h3-4,8-9,15H,1-2,5-7,14H2. The van der Waals surface area contributed by atoms with Crippen molar-refractivity contribution < 1.29 is 0 Å². The summed E-state index contributed by atoms with van der Waals surface area (Å²) in [6.07, 6.45) is 3.46. The van der Waals surface area contributed by atoms with Gasteiger partial charge in [-0.25, -0.2) is 0 Å². The van der Waals surface area contributed by atoms with E-state index in [-0.39, 0.29) is 0 Å². The highest BCUT2D eigenvalue weighted by atomic mass is 35.5. The molecule has 1 heterocycles. The first kappa shape index (κ1) is 10.8. The van der Waals surface area contributed by atoms with Gasteiger partial charge in [0.2, 0.25) is 0 Å². The van der Waals surface area contributed by atoms with Gasteiger partial charge in [0.15, 0.2) is 0 Å². The average Bonchev–Trinajstić information content (AvgIpc) is 2.42. The first-order valence-electron chi connectivity index (χ1n) is 5.54. The fraction of sp³-hybridized carbons (Fsp3) is 0.500. The van der Waals surface area contributed by atoms with Crippen LogP contribution >= 0.6 is 11.6 Å². The van der Waals surface area contributed by atoms with Gasteiger partial charge in [-0.3, -0.25) is 0 Å². The van der Waals surface area contributed by atoms with E-state index in [1.165, 1.54) is 24.1 Å². The molecule has 0 saturated heterocycles. The molecule has 1 aliphatic rings. The summed E-state index contributed by atoms with van der Waals surface area (Å²) in [5.41, 5.74) is 8.22. The summed E-state index contributed by atoms with van der Waals surface area (Å²) < 4.78 is 0. The maximum absolute atomic E-state index is 6.04. The number of nitrogens with two attached hydrogens (primary N) is 1. The van der Waals surface area contributed by atoms with E-state index in [1.54, 1.807) is 0 Å². The minimum absolute atomic E-state index is 0.568. The highest BCUT2D eigenvalue weighted by Crippen LogP contribution is 2.34. The Kier molecular flexibility index (Phi) is 3.49. The maximum atomic E-state index is 6.04. The number of hydrogen-bond acceptors (Lipinski definition) is 2. The molecule has 0 aliphatic carbocycles. The summed E-state index contributed by atoms with van der Waals surface area (Å²) in [4.78, 5) is 0. The van der Waals surface area contributed by atoms with Crippen LogP contribution < -0.4 is 11.1 Å². The molecule has 82 valence electrons. The fourth-order valence-electron chi connectivity index (χ4n) is 2.26. The third-order valence-electron chi connectivity index (χ3n) is 3.01. The van der Waals surface area contributed by atoms with E-state index in [0.717, 1.165) is 24.5 Å². The van der Waals surface area contributed by atoms with Crippen LogP contribution in [-0.2, 0) is 0 Å². The third-order valence-corrected chi connectivity index (χ3v) is 3.25. The van der Waals surface area contributed by atoms with Gasteiger partial charge in [-0.05, 0) is 55.5 Å². The molecule has 1 atom stereocenters. The van der Waals surface area contributed by atoms with Gasteiger partial charge in [-0.2, -0.15) is 0 Å². The Balaban J connectivity index is 2.33. The summed E-state index contributed by atoms with van der Waals surface area (Å²) >= 11 is 6.04. The van der Waals surface area contributed by atoms with Crippen LogP contribution in [0.25, 0.3) is 0 Å². The lowest BCUT2D eigenvalue weighted by atomic mass is 9.91. The molecule has 0 saturated carbocycles. The number of fused-ring (bicyclic) bond motifs is 1. The number of hydrogen-bond donors (Lipinski definition) is 2. The van der Waals surface area contributed by atoms with Crippen LogP contribution in [-0.4, -0.2) is 13.1 Å². The summed E-state index contributed by atoms with van der Waals surface area (Å²) in [5, 5.41) is 4.26. The van der Waals surface area contributed by atoms with Crippen molar-refractivity contribution in [1.29, 1.82) is 0 Å². The zero-order chi connectivity index (χ0) is 10.7. The zero-order valence-corrected chi connectivity index (χ0v) is 9.56. The Hall–Kier alpha value is -0.730. The highest BCUT2D eigenvalue weighted by Gasteiger charge is 2.17. The van der Waals surface area contributed by atoms with Crippen LogP contribution in [0.3, 0.4) is 0 Å². The van der Waals surface area contributed by atoms with Crippen molar-refractivity contribution in [2.24, 2.45) is 5.73 Å². The molecule has 2 nitrogen and oxygen atoms in total. The Morgan fingerprint density at radius 3 is 3.13 bits per heavy atom. The summed E-state index contributed by atoms with van der Waals surface area (Å²) in [5.74, 6) is 0.568. The molecule has 1 aromatic rings. The second-order valence-corrected chi connectivity index (χ2v) is 4.51. The van der Waals surface area contributed by atoms with Gasteiger partial charge in [0.25, 0.3) is 0 Å². The Bertz CT molecular complexity index is 338. The van der Waals surface area contributed by atoms with Crippen molar-refractivity contribution in [3.8, 4) is 0 Å². The lowest BCUT2D eigenvalue weighted by molar-refractivity contribution is 0.580. The molecular weight excluding hydrogens is 208 g/mol. The van der Waals surface area contributed by atoms with Crippen LogP contribution in [0.5, 0.6) is 0 Å². The van der Waals surface area contributed by atoms with Crippen molar-refractivity contribution in [3.05, 3.63) is 28.8 Å². The predicted octanol–water partition coefficient (Wildman–Crippen LogP) is 2.98. The van der Waals surface area contributed by atoms with Crippen molar-refractivity contribution in [2.45, 2.75) is 25.2 Å². The van der Waals surface area contributed by atoms with Gasteiger partial charge in [0.1, 0.15) is 0 Å². The molecule has 1 aliphatic heterocycles. The van der Waals surface area contributed by atoms with Gasteiger partial charge in [0.05, 0.1) is 0 Å². The van der Waals surface area contributed by atoms with Gasteiger partial charge >= 0.3 is 0 Å². The van der Waals surface area contributed by atoms with Gasteiger partial charge in [-0.1, -0.05) is 11.6 Å². The molecule has 3 heteroatoms. The fourth-order valence-corrected chi connectivity index (χ4v) is 2.44. The zero-order valence-electron chi connectivity index (χ0n) is 8.80.